The summed E-state index contributed by atoms with van der Waals surface area (Å²) in [6.45, 7) is 16.3. The summed E-state index contributed by atoms with van der Waals surface area (Å²) >= 11 is 0. The van der Waals surface area contributed by atoms with Crippen LogP contribution in [0.25, 0.3) is 0 Å². The van der Waals surface area contributed by atoms with Crippen LogP contribution in [-0.2, 0) is 14.0 Å². The Hall–Kier alpha value is -0.883. The van der Waals surface area contributed by atoms with Gasteiger partial charge in [-0.2, -0.15) is 0 Å². The molecule has 128 valence electrons. The minimum absolute atomic E-state index is 0.00703. The first-order valence-electron chi connectivity index (χ1n) is 7.95. The minimum atomic E-state index is -1.50. The zero-order valence-electron chi connectivity index (χ0n) is 15.2. The molecule has 0 spiro atoms. The Labute approximate surface area is 136 Å². The summed E-state index contributed by atoms with van der Waals surface area (Å²) in [5.41, 5.74) is -1.77. The highest BCUT2D eigenvalue weighted by Crippen LogP contribution is 2.42. The summed E-state index contributed by atoms with van der Waals surface area (Å²) in [6.07, 6.45) is 0.848. The predicted molar refractivity (Wildman–Crippen MR) is 89.3 cm³/mol. The number of hydrogen-bond acceptors (Lipinski definition) is 4. The number of carbonyl (C=O) groups excluding carboxylic acids is 2. The van der Waals surface area contributed by atoms with Crippen molar-refractivity contribution in [2.75, 3.05) is 6.54 Å². The molecule has 0 aromatic rings. The molecule has 0 unspecified atom stereocenters. The highest BCUT2D eigenvalue weighted by atomic mass is 28.3. The Kier molecular flexibility index (Phi) is 5.50. The lowest BCUT2D eigenvalue weighted by atomic mass is 9.79. The molecule has 1 aliphatic heterocycles. The summed E-state index contributed by atoms with van der Waals surface area (Å²) in [5.74, 6) is 0.193. The summed E-state index contributed by atoms with van der Waals surface area (Å²) in [4.78, 5) is 25.9. The maximum absolute atomic E-state index is 12.6. The molecular formula is C16H31NO4Si. The van der Waals surface area contributed by atoms with Crippen molar-refractivity contribution in [3.8, 4) is 0 Å². The third-order valence-electron chi connectivity index (χ3n) is 3.86. The third kappa shape index (κ3) is 4.55. The number of amides is 1. The first-order chi connectivity index (χ1) is 9.81. The molecule has 0 aromatic heterocycles. The van der Waals surface area contributed by atoms with Gasteiger partial charge < -0.3 is 9.16 Å². The molecule has 1 rings (SSSR count). The van der Waals surface area contributed by atoms with E-state index < -0.39 is 26.5 Å². The monoisotopic (exact) mass is 329 g/mol. The van der Waals surface area contributed by atoms with E-state index in [9.17, 15) is 9.59 Å². The molecule has 22 heavy (non-hydrogen) atoms. The third-order valence-corrected chi connectivity index (χ3v) is 4.74. The molecule has 0 radical (unpaired) electrons. The van der Waals surface area contributed by atoms with Gasteiger partial charge in [-0.05, 0) is 45.2 Å². The Morgan fingerprint density at radius 1 is 1.23 bits per heavy atom. The van der Waals surface area contributed by atoms with Gasteiger partial charge in [-0.15, -0.1) is 0 Å². The number of ether oxygens (including phenoxy) is 1. The van der Waals surface area contributed by atoms with Crippen LogP contribution in [0.2, 0.25) is 13.1 Å². The van der Waals surface area contributed by atoms with Gasteiger partial charge in [0.1, 0.15) is 5.60 Å². The van der Waals surface area contributed by atoms with Gasteiger partial charge in [0.2, 0.25) is 0 Å². The molecule has 2 atom stereocenters. The molecule has 1 heterocycles. The lowest BCUT2D eigenvalue weighted by Crippen LogP contribution is -2.53. The van der Waals surface area contributed by atoms with Crippen molar-refractivity contribution < 1.29 is 18.8 Å². The fourth-order valence-corrected chi connectivity index (χ4v) is 3.78. The molecule has 0 aliphatic carbocycles. The van der Waals surface area contributed by atoms with Crippen LogP contribution in [0, 0.1) is 11.3 Å². The highest BCUT2D eigenvalue weighted by molar-refractivity contribution is 6.48. The average molecular weight is 330 g/mol. The lowest BCUT2D eigenvalue weighted by molar-refractivity contribution is -0.135. The number of likely N-dealkylation sites (tertiary alicyclic amines) is 1. The van der Waals surface area contributed by atoms with E-state index in [1.54, 1.807) is 0 Å². The van der Waals surface area contributed by atoms with Gasteiger partial charge in [-0.25, -0.2) is 4.79 Å². The molecular weight excluding hydrogens is 298 g/mol. The smallest absolute Gasteiger partial charge is 0.412 e. The van der Waals surface area contributed by atoms with Crippen LogP contribution in [0.5, 0.6) is 0 Å². The zero-order chi connectivity index (χ0) is 17.3. The number of rotatable bonds is 3. The van der Waals surface area contributed by atoms with Gasteiger partial charge in [0.25, 0.3) is 0 Å². The molecule has 1 amide bonds. The van der Waals surface area contributed by atoms with Crippen molar-refractivity contribution in [2.24, 2.45) is 11.3 Å². The highest BCUT2D eigenvalue weighted by Gasteiger charge is 2.53. The van der Waals surface area contributed by atoms with Crippen molar-refractivity contribution in [3.63, 3.8) is 0 Å². The van der Waals surface area contributed by atoms with Crippen LogP contribution in [0.3, 0.4) is 0 Å². The van der Waals surface area contributed by atoms with Crippen LogP contribution in [0.15, 0.2) is 0 Å². The summed E-state index contributed by atoms with van der Waals surface area (Å²) in [5, 5.41) is 0. The van der Waals surface area contributed by atoms with Gasteiger partial charge in [-0.3, -0.25) is 9.69 Å². The van der Waals surface area contributed by atoms with E-state index >= 15 is 0 Å². The van der Waals surface area contributed by atoms with E-state index in [-0.39, 0.29) is 11.3 Å². The first kappa shape index (κ1) is 19.2. The van der Waals surface area contributed by atoms with Crippen molar-refractivity contribution in [3.05, 3.63) is 0 Å². The zero-order valence-corrected chi connectivity index (χ0v) is 16.4. The van der Waals surface area contributed by atoms with E-state index in [4.69, 9.17) is 9.16 Å². The SMILES string of the molecule is C[SiH](C)O[C@@]1(C=O)C[C@@H](C(C)(C)C)CN1C(=O)OC(C)(C)C. The first-order valence-corrected chi connectivity index (χ1v) is 10.7. The molecule has 0 aromatic carbocycles. The fraction of sp³-hybridized carbons (Fsp3) is 0.875. The summed E-state index contributed by atoms with van der Waals surface area (Å²) < 4.78 is 11.5. The van der Waals surface area contributed by atoms with E-state index in [1.165, 1.54) is 4.90 Å². The Bertz CT molecular complexity index is 425. The molecule has 1 saturated heterocycles. The topological polar surface area (TPSA) is 55.8 Å². The van der Waals surface area contributed by atoms with E-state index in [0.717, 1.165) is 6.29 Å². The number of carbonyl (C=O) groups is 2. The van der Waals surface area contributed by atoms with Crippen molar-refractivity contribution in [1.29, 1.82) is 0 Å². The summed E-state index contributed by atoms with van der Waals surface area (Å²) in [7, 11) is -1.50. The van der Waals surface area contributed by atoms with Gasteiger partial charge >= 0.3 is 6.09 Å². The maximum Gasteiger partial charge on any atom is 0.412 e. The fourth-order valence-electron chi connectivity index (χ4n) is 2.69. The molecule has 0 bridgehead atoms. The van der Waals surface area contributed by atoms with E-state index in [2.05, 4.69) is 20.8 Å². The number of aldehydes is 1. The Morgan fingerprint density at radius 3 is 2.14 bits per heavy atom. The second-order valence-electron chi connectivity index (χ2n) is 8.49. The molecule has 1 aliphatic rings. The van der Waals surface area contributed by atoms with Gasteiger partial charge in [0, 0.05) is 13.0 Å². The molecule has 0 saturated carbocycles. The number of hydrogen-bond donors (Lipinski definition) is 0. The average Bonchev–Trinajstić information content (AvgIpc) is 2.65. The van der Waals surface area contributed by atoms with Crippen LogP contribution < -0.4 is 0 Å². The Morgan fingerprint density at radius 2 is 1.77 bits per heavy atom. The molecule has 5 nitrogen and oxygen atoms in total. The second-order valence-corrected chi connectivity index (χ2v) is 10.8. The largest absolute Gasteiger partial charge is 0.444 e. The Balaban J connectivity index is 3.12. The van der Waals surface area contributed by atoms with Crippen LogP contribution in [-0.4, -0.2) is 44.2 Å². The second kappa shape index (κ2) is 6.32. The maximum atomic E-state index is 12.6. The van der Waals surface area contributed by atoms with E-state index in [1.807, 2.05) is 33.9 Å². The lowest BCUT2D eigenvalue weighted by Gasteiger charge is -2.36. The predicted octanol–water partition coefficient (Wildman–Crippen LogP) is 3.18. The quantitative estimate of drug-likeness (QED) is 0.589. The standard InChI is InChI=1S/C16H31NO4Si/c1-14(2,3)12-9-16(11-18,21-22(7)8)17(10-12)13(19)20-15(4,5)6/h11-12,22H,9-10H2,1-8H3/t12-,16-/m1/s1. The minimum Gasteiger partial charge on any atom is -0.444 e. The van der Waals surface area contributed by atoms with Gasteiger partial charge in [0.05, 0.1) is 0 Å². The molecule has 6 heteroatoms. The van der Waals surface area contributed by atoms with Crippen LogP contribution in [0.1, 0.15) is 48.0 Å². The summed E-state index contributed by atoms with van der Waals surface area (Å²) in [6, 6.07) is 0. The normalized spacial score (nSPS) is 26.4. The van der Waals surface area contributed by atoms with E-state index in [0.29, 0.717) is 13.0 Å². The molecule has 1 fully saturated rings. The van der Waals surface area contributed by atoms with Crippen LogP contribution >= 0.6 is 0 Å². The van der Waals surface area contributed by atoms with Crippen molar-refractivity contribution in [2.45, 2.75) is 72.4 Å². The van der Waals surface area contributed by atoms with Crippen molar-refractivity contribution >= 4 is 21.4 Å². The van der Waals surface area contributed by atoms with Gasteiger partial charge in [-0.1, -0.05) is 20.8 Å². The van der Waals surface area contributed by atoms with Gasteiger partial charge in [0.15, 0.2) is 21.1 Å². The van der Waals surface area contributed by atoms with Crippen LogP contribution in [0.4, 0.5) is 4.79 Å². The molecule has 0 N–H and O–H groups in total. The number of nitrogens with zero attached hydrogens (tertiary/aromatic N) is 1. The van der Waals surface area contributed by atoms with Crippen molar-refractivity contribution in [1.82, 2.24) is 4.90 Å².